The number of nitrogens with one attached hydrogen (secondary N) is 1. The number of benzene rings is 2. The highest BCUT2D eigenvalue weighted by Gasteiger charge is 2.43. The molecule has 1 fully saturated rings. The zero-order valence-corrected chi connectivity index (χ0v) is 23.2. The summed E-state index contributed by atoms with van der Waals surface area (Å²) in [5.41, 5.74) is 1.11. The van der Waals surface area contributed by atoms with Gasteiger partial charge in [0.05, 0.1) is 18.8 Å². The molecule has 1 aromatic heterocycles. The van der Waals surface area contributed by atoms with Gasteiger partial charge in [0.1, 0.15) is 23.2 Å². The molecule has 12 heteroatoms. The number of carbonyl (C=O) groups excluding carboxylic acids is 3. The molecule has 5 rings (SSSR count). The van der Waals surface area contributed by atoms with E-state index >= 15 is 0 Å². The van der Waals surface area contributed by atoms with Crippen molar-refractivity contribution in [3.05, 3.63) is 89.7 Å². The monoisotopic (exact) mass is 578 g/mol. The van der Waals surface area contributed by atoms with Crippen molar-refractivity contribution in [1.29, 1.82) is 0 Å². The van der Waals surface area contributed by atoms with Gasteiger partial charge in [0.15, 0.2) is 0 Å². The lowest BCUT2D eigenvalue weighted by atomic mass is 10.0. The van der Waals surface area contributed by atoms with Crippen LogP contribution in [0.15, 0.2) is 78.0 Å². The first kappa shape index (κ1) is 28.2. The second-order valence-corrected chi connectivity index (χ2v) is 11.6. The van der Waals surface area contributed by atoms with E-state index in [2.05, 4.69) is 10.3 Å². The molecular formula is C29H30N4O7S. The van der Waals surface area contributed by atoms with E-state index < -0.39 is 40.3 Å². The zero-order chi connectivity index (χ0) is 29.0. The fraction of sp³-hybridized carbons (Fsp3) is 0.310. The Hall–Kier alpha value is -4.29. The van der Waals surface area contributed by atoms with Crippen LogP contribution < -0.4 is 10.1 Å². The molecule has 3 aromatic rings. The summed E-state index contributed by atoms with van der Waals surface area (Å²) in [6.45, 7) is 0.0389. The van der Waals surface area contributed by atoms with Crippen LogP contribution in [-0.4, -0.2) is 73.2 Å². The Morgan fingerprint density at radius 2 is 1.93 bits per heavy atom. The third-order valence-corrected chi connectivity index (χ3v) is 8.90. The molecule has 1 N–H and O–H groups in total. The quantitative estimate of drug-likeness (QED) is 0.387. The molecule has 2 atom stereocenters. The average Bonchev–Trinajstić information content (AvgIpc) is 3.58. The average molecular weight is 579 g/mol. The summed E-state index contributed by atoms with van der Waals surface area (Å²) in [7, 11) is -2.73. The number of methoxy groups -OCH3 is 1. The molecule has 41 heavy (non-hydrogen) atoms. The zero-order valence-electron chi connectivity index (χ0n) is 22.4. The van der Waals surface area contributed by atoms with E-state index in [1.54, 1.807) is 42.5 Å². The van der Waals surface area contributed by atoms with E-state index in [-0.39, 0.29) is 29.7 Å². The SMILES string of the molecule is COc1cccc(CN(C(=O)CN2C(=O)c3ccccc3S2(=O)=O)[C@H](C(=O)NC[C@H]2CCCO2)c2ccncc2)c1. The van der Waals surface area contributed by atoms with Crippen LogP contribution in [0.1, 0.15) is 40.4 Å². The highest BCUT2D eigenvalue weighted by Crippen LogP contribution is 2.31. The number of nitrogens with zero attached hydrogens (tertiary/aromatic N) is 3. The number of hydrogen-bond acceptors (Lipinski definition) is 8. The smallest absolute Gasteiger partial charge is 0.269 e. The Labute approximate surface area is 238 Å². The minimum Gasteiger partial charge on any atom is -0.497 e. The van der Waals surface area contributed by atoms with Crippen LogP contribution in [0.4, 0.5) is 0 Å². The molecule has 2 aromatic carbocycles. The first-order valence-corrected chi connectivity index (χ1v) is 14.6. The summed E-state index contributed by atoms with van der Waals surface area (Å²) in [5.74, 6) is -1.45. The summed E-state index contributed by atoms with van der Waals surface area (Å²) in [5, 5.41) is 2.90. The molecular weight excluding hydrogens is 548 g/mol. The van der Waals surface area contributed by atoms with E-state index in [4.69, 9.17) is 9.47 Å². The van der Waals surface area contributed by atoms with Gasteiger partial charge in [0, 0.05) is 32.1 Å². The standard InChI is InChI=1S/C29H30N4O7S/c1-39-22-7-4-6-20(16-22)18-32(26(34)19-33-29(36)24-9-2-3-10-25(24)41(33,37)38)27(21-11-13-30-14-12-21)28(35)31-17-23-8-5-15-40-23/h2-4,6-7,9-14,16,23,27H,5,8,15,17-19H2,1H3,(H,31,35)/t23-,27+/m1/s1. The van der Waals surface area contributed by atoms with Crippen LogP contribution in [0.2, 0.25) is 0 Å². The van der Waals surface area contributed by atoms with Gasteiger partial charge in [-0.2, -0.15) is 0 Å². The number of rotatable bonds is 10. The number of aromatic nitrogens is 1. The van der Waals surface area contributed by atoms with Gasteiger partial charge < -0.3 is 19.7 Å². The lowest BCUT2D eigenvalue weighted by molar-refractivity contribution is -0.141. The normalized spacial score (nSPS) is 18.0. The van der Waals surface area contributed by atoms with Crippen molar-refractivity contribution in [3.8, 4) is 5.75 Å². The Morgan fingerprint density at radius 3 is 2.63 bits per heavy atom. The summed E-state index contributed by atoms with van der Waals surface area (Å²) in [6, 6.07) is 14.9. The predicted molar refractivity (Wildman–Crippen MR) is 147 cm³/mol. The Morgan fingerprint density at radius 1 is 1.15 bits per heavy atom. The van der Waals surface area contributed by atoms with E-state index in [0.717, 1.165) is 12.8 Å². The van der Waals surface area contributed by atoms with Gasteiger partial charge in [-0.3, -0.25) is 19.4 Å². The van der Waals surface area contributed by atoms with Gasteiger partial charge >= 0.3 is 0 Å². The number of carbonyl (C=O) groups is 3. The first-order chi connectivity index (χ1) is 19.8. The number of hydrogen-bond donors (Lipinski definition) is 1. The van der Waals surface area contributed by atoms with Crippen molar-refractivity contribution in [2.45, 2.75) is 36.4 Å². The molecule has 11 nitrogen and oxygen atoms in total. The van der Waals surface area contributed by atoms with E-state index in [1.807, 2.05) is 0 Å². The van der Waals surface area contributed by atoms with Crippen LogP contribution in [-0.2, 0) is 30.9 Å². The van der Waals surface area contributed by atoms with Gasteiger partial charge in [-0.1, -0.05) is 24.3 Å². The fourth-order valence-corrected chi connectivity index (χ4v) is 6.55. The molecule has 3 amide bonds. The first-order valence-electron chi connectivity index (χ1n) is 13.2. The molecule has 2 aliphatic rings. The van der Waals surface area contributed by atoms with Crippen LogP contribution in [0.25, 0.3) is 0 Å². The molecule has 0 bridgehead atoms. The summed E-state index contributed by atoms with van der Waals surface area (Å²) >= 11 is 0. The van der Waals surface area contributed by atoms with Crippen molar-refractivity contribution in [3.63, 3.8) is 0 Å². The van der Waals surface area contributed by atoms with E-state index in [9.17, 15) is 22.8 Å². The summed E-state index contributed by atoms with van der Waals surface area (Å²) in [4.78, 5) is 46.1. The van der Waals surface area contributed by atoms with Gasteiger partial charge in [0.25, 0.3) is 15.9 Å². The second kappa shape index (κ2) is 12.1. The van der Waals surface area contributed by atoms with Crippen LogP contribution in [0.3, 0.4) is 0 Å². The molecule has 2 aliphatic heterocycles. The number of ether oxygens (including phenoxy) is 2. The molecule has 214 valence electrons. The molecule has 1 saturated heterocycles. The Kier molecular flexibility index (Phi) is 8.31. The van der Waals surface area contributed by atoms with Crippen LogP contribution >= 0.6 is 0 Å². The fourth-order valence-electron chi connectivity index (χ4n) is 5.03. The number of amides is 3. The van der Waals surface area contributed by atoms with Gasteiger partial charge in [-0.15, -0.1) is 0 Å². The number of fused-ring (bicyclic) bond motifs is 1. The van der Waals surface area contributed by atoms with Crippen LogP contribution in [0, 0.1) is 0 Å². The van der Waals surface area contributed by atoms with Crippen molar-refractivity contribution < 1.29 is 32.3 Å². The maximum Gasteiger partial charge on any atom is 0.269 e. The van der Waals surface area contributed by atoms with E-state index in [1.165, 1.54) is 42.6 Å². The highest BCUT2D eigenvalue weighted by atomic mass is 32.2. The third kappa shape index (κ3) is 5.93. The third-order valence-electron chi connectivity index (χ3n) is 7.11. The van der Waals surface area contributed by atoms with Crippen molar-refractivity contribution in [2.24, 2.45) is 0 Å². The minimum absolute atomic E-state index is 0.000337. The Bertz CT molecular complexity index is 1540. The van der Waals surface area contributed by atoms with Crippen molar-refractivity contribution >= 4 is 27.7 Å². The minimum atomic E-state index is -4.25. The predicted octanol–water partition coefficient (Wildman–Crippen LogP) is 2.30. The lowest BCUT2D eigenvalue weighted by Crippen LogP contribution is -2.48. The Balaban J connectivity index is 1.50. The summed E-state index contributed by atoms with van der Waals surface area (Å²) < 4.78 is 38.0. The number of pyridine rings is 1. The molecule has 0 radical (unpaired) electrons. The lowest BCUT2D eigenvalue weighted by Gasteiger charge is -2.33. The second-order valence-electron chi connectivity index (χ2n) is 9.75. The molecule has 0 unspecified atom stereocenters. The van der Waals surface area contributed by atoms with Gasteiger partial charge in [0.2, 0.25) is 11.8 Å². The van der Waals surface area contributed by atoms with Gasteiger partial charge in [-0.25, -0.2) is 12.7 Å². The van der Waals surface area contributed by atoms with Crippen molar-refractivity contribution in [2.75, 3.05) is 26.8 Å². The van der Waals surface area contributed by atoms with Gasteiger partial charge in [-0.05, 0) is 60.4 Å². The maximum absolute atomic E-state index is 14.0. The highest BCUT2D eigenvalue weighted by molar-refractivity contribution is 7.90. The molecule has 0 aliphatic carbocycles. The van der Waals surface area contributed by atoms with E-state index in [0.29, 0.717) is 27.8 Å². The topological polar surface area (TPSA) is 135 Å². The largest absolute Gasteiger partial charge is 0.497 e. The summed E-state index contributed by atoms with van der Waals surface area (Å²) in [6.07, 6.45) is 4.59. The van der Waals surface area contributed by atoms with Crippen LogP contribution in [0.5, 0.6) is 5.75 Å². The molecule has 0 saturated carbocycles. The molecule has 3 heterocycles. The number of sulfonamides is 1. The maximum atomic E-state index is 14.0. The molecule has 0 spiro atoms. The van der Waals surface area contributed by atoms with Crippen molar-refractivity contribution in [1.82, 2.24) is 19.5 Å².